The van der Waals surface area contributed by atoms with Gasteiger partial charge in [-0.05, 0) is 54.4 Å². The SMILES string of the molecule is CCOc1c(F)cc(C(COCc2ccc(F)c(Oc3ccccc3)c2)C(F)(F)F)cc1F. The zero-order chi connectivity index (χ0) is 24.0. The molecule has 3 rings (SSSR count). The van der Waals surface area contributed by atoms with E-state index in [1.165, 1.54) is 19.1 Å². The first kappa shape index (κ1) is 24.4. The first-order valence-electron chi connectivity index (χ1n) is 9.96. The van der Waals surface area contributed by atoms with Gasteiger partial charge in [-0.25, -0.2) is 13.2 Å². The Morgan fingerprint density at radius 3 is 2.12 bits per heavy atom. The van der Waals surface area contributed by atoms with Crippen LogP contribution in [0.4, 0.5) is 26.3 Å². The Morgan fingerprint density at radius 1 is 0.848 bits per heavy atom. The van der Waals surface area contributed by atoms with E-state index >= 15 is 0 Å². The summed E-state index contributed by atoms with van der Waals surface area (Å²) >= 11 is 0. The minimum absolute atomic E-state index is 0.0490. The number of ether oxygens (including phenoxy) is 3. The van der Waals surface area contributed by atoms with Gasteiger partial charge in [0, 0.05) is 0 Å². The zero-order valence-electron chi connectivity index (χ0n) is 17.5. The van der Waals surface area contributed by atoms with E-state index in [1.807, 2.05) is 0 Å². The van der Waals surface area contributed by atoms with Crippen molar-refractivity contribution in [3.8, 4) is 17.2 Å². The molecule has 0 fully saturated rings. The molecule has 0 saturated carbocycles. The Hall–Kier alpha value is -3.20. The first-order chi connectivity index (χ1) is 15.7. The highest BCUT2D eigenvalue weighted by Crippen LogP contribution is 2.38. The number of benzene rings is 3. The van der Waals surface area contributed by atoms with Crippen molar-refractivity contribution in [2.75, 3.05) is 13.2 Å². The Labute approximate surface area is 186 Å². The van der Waals surface area contributed by atoms with Crippen molar-refractivity contribution in [2.45, 2.75) is 25.6 Å². The van der Waals surface area contributed by atoms with Crippen molar-refractivity contribution >= 4 is 0 Å². The molecule has 3 aromatic carbocycles. The number of hydrogen-bond acceptors (Lipinski definition) is 3. The largest absolute Gasteiger partial charge is 0.488 e. The van der Waals surface area contributed by atoms with Crippen LogP contribution in [-0.4, -0.2) is 19.4 Å². The molecule has 0 aliphatic heterocycles. The Morgan fingerprint density at radius 2 is 1.52 bits per heavy atom. The van der Waals surface area contributed by atoms with Gasteiger partial charge in [0.15, 0.2) is 29.0 Å². The summed E-state index contributed by atoms with van der Waals surface area (Å²) in [6.45, 7) is 0.236. The van der Waals surface area contributed by atoms with E-state index in [1.54, 1.807) is 30.3 Å². The average molecular weight is 470 g/mol. The maximum absolute atomic E-state index is 14.1. The Bertz CT molecular complexity index is 1050. The van der Waals surface area contributed by atoms with E-state index < -0.39 is 47.5 Å². The second kappa shape index (κ2) is 10.6. The fraction of sp³-hybridized carbons (Fsp3) is 0.250. The summed E-state index contributed by atoms with van der Waals surface area (Å²) in [5.41, 5.74) is -0.277. The lowest BCUT2D eigenvalue weighted by molar-refractivity contribution is -0.163. The van der Waals surface area contributed by atoms with Crippen LogP contribution >= 0.6 is 0 Å². The number of rotatable bonds is 9. The zero-order valence-corrected chi connectivity index (χ0v) is 17.5. The number of para-hydroxylation sites is 1. The molecule has 0 aliphatic carbocycles. The molecule has 0 heterocycles. The van der Waals surface area contributed by atoms with E-state index in [4.69, 9.17) is 14.2 Å². The predicted molar refractivity (Wildman–Crippen MR) is 109 cm³/mol. The lowest BCUT2D eigenvalue weighted by Gasteiger charge is -2.21. The normalized spacial score (nSPS) is 12.5. The van der Waals surface area contributed by atoms with Crippen LogP contribution in [0, 0.1) is 17.5 Å². The number of hydrogen-bond donors (Lipinski definition) is 0. The van der Waals surface area contributed by atoms with Crippen molar-refractivity contribution in [3.05, 3.63) is 89.2 Å². The van der Waals surface area contributed by atoms with Gasteiger partial charge in [-0.3, -0.25) is 0 Å². The summed E-state index contributed by atoms with van der Waals surface area (Å²) in [5, 5.41) is 0. The van der Waals surface area contributed by atoms with E-state index in [2.05, 4.69) is 0 Å². The van der Waals surface area contributed by atoms with Crippen molar-refractivity contribution in [3.63, 3.8) is 0 Å². The summed E-state index contributed by atoms with van der Waals surface area (Å²) in [4.78, 5) is 0. The molecule has 176 valence electrons. The quantitative estimate of drug-likeness (QED) is 0.311. The smallest absolute Gasteiger partial charge is 0.397 e. The molecule has 0 aromatic heterocycles. The third-order valence-electron chi connectivity index (χ3n) is 4.63. The van der Waals surface area contributed by atoms with Crippen LogP contribution in [0.2, 0.25) is 0 Å². The van der Waals surface area contributed by atoms with Crippen LogP contribution < -0.4 is 9.47 Å². The number of halogens is 6. The maximum atomic E-state index is 14.1. The van der Waals surface area contributed by atoms with Crippen LogP contribution in [0.1, 0.15) is 24.0 Å². The van der Waals surface area contributed by atoms with E-state index in [-0.39, 0.29) is 19.0 Å². The van der Waals surface area contributed by atoms with Crippen molar-refractivity contribution < 1.29 is 40.6 Å². The van der Waals surface area contributed by atoms with Crippen molar-refractivity contribution in [1.82, 2.24) is 0 Å². The molecule has 0 radical (unpaired) electrons. The molecule has 3 nitrogen and oxygen atoms in total. The molecule has 1 atom stereocenters. The summed E-state index contributed by atoms with van der Waals surface area (Å²) in [6.07, 6.45) is -4.82. The van der Waals surface area contributed by atoms with Gasteiger partial charge in [0.2, 0.25) is 0 Å². The molecule has 0 N–H and O–H groups in total. The summed E-state index contributed by atoms with van der Waals surface area (Å²) in [6, 6.07) is 13.3. The molecule has 1 unspecified atom stereocenters. The Balaban J connectivity index is 1.72. The molecule has 0 saturated heterocycles. The third kappa shape index (κ3) is 6.41. The minimum atomic E-state index is -4.82. The summed E-state index contributed by atoms with van der Waals surface area (Å²) in [7, 11) is 0. The monoisotopic (exact) mass is 470 g/mol. The van der Waals surface area contributed by atoms with Crippen molar-refractivity contribution in [1.29, 1.82) is 0 Å². The average Bonchev–Trinajstić information content (AvgIpc) is 2.75. The molecule has 3 aromatic rings. The Kier molecular flexibility index (Phi) is 7.86. The lowest BCUT2D eigenvalue weighted by Crippen LogP contribution is -2.26. The number of alkyl halides is 3. The second-order valence-corrected chi connectivity index (χ2v) is 7.04. The summed E-state index contributed by atoms with van der Waals surface area (Å²) < 4.78 is 98.4. The highest BCUT2D eigenvalue weighted by atomic mass is 19.4. The van der Waals surface area contributed by atoms with Crippen LogP contribution in [0.5, 0.6) is 17.2 Å². The highest BCUT2D eigenvalue weighted by Gasteiger charge is 2.41. The molecular weight excluding hydrogens is 450 g/mol. The van der Waals surface area contributed by atoms with Gasteiger partial charge >= 0.3 is 6.18 Å². The predicted octanol–water partition coefficient (Wildman–Crippen LogP) is 7.16. The van der Waals surface area contributed by atoms with E-state index in [9.17, 15) is 26.3 Å². The lowest BCUT2D eigenvalue weighted by atomic mass is 9.98. The van der Waals surface area contributed by atoms with Gasteiger partial charge in [-0.1, -0.05) is 24.3 Å². The van der Waals surface area contributed by atoms with Crippen LogP contribution in [-0.2, 0) is 11.3 Å². The standard InChI is InChI=1S/C24H20F6O3/c1-2-32-23-20(26)11-16(12-21(23)27)18(24(28,29)30)14-31-13-15-8-9-19(25)22(10-15)33-17-6-4-3-5-7-17/h3-12,18H,2,13-14H2,1H3. The van der Waals surface area contributed by atoms with Gasteiger partial charge in [0.05, 0.1) is 19.8 Å². The molecular formula is C24H20F6O3. The van der Waals surface area contributed by atoms with Crippen LogP contribution in [0.15, 0.2) is 60.7 Å². The van der Waals surface area contributed by atoms with E-state index in [0.717, 1.165) is 6.07 Å². The molecule has 33 heavy (non-hydrogen) atoms. The van der Waals surface area contributed by atoms with Crippen LogP contribution in [0.25, 0.3) is 0 Å². The van der Waals surface area contributed by atoms with Gasteiger partial charge in [-0.15, -0.1) is 0 Å². The molecule has 0 aliphatic rings. The van der Waals surface area contributed by atoms with Gasteiger partial charge in [0.25, 0.3) is 0 Å². The maximum Gasteiger partial charge on any atom is 0.397 e. The second-order valence-electron chi connectivity index (χ2n) is 7.04. The third-order valence-corrected chi connectivity index (χ3v) is 4.63. The fourth-order valence-electron chi connectivity index (χ4n) is 3.07. The molecule has 0 bridgehead atoms. The van der Waals surface area contributed by atoms with Crippen molar-refractivity contribution in [2.24, 2.45) is 0 Å². The van der Waals surface area contributed by atoms with Gasteiger partial charge in [-0.2, -0.15) is 13.2 Å². The molecule has 0 spiro atoms. The van der Waals surface area contributed by atoms with E-state index in [0.29, 0.717) is 23.4 Å². The topological polar surface area (TPSA) is 27.7 Å². The minimum Gasteiger partial charge on any atom is -0.488 e. The van der Waals surface area contributed by atoms with Gasteiger partial charge < -0.3 is 14.2 Å². The fourth-order valence-corrected chi connectivity index (χ4v) is 3.07. The van der Waals surface area contributed by atoms with Gasteiger partial charge in [0.1, 0.15) is 11.7 Å². The molecule has 0 amide bonds. The molecule has 9 heteroatoms. The first-order valence-corrected chi connectivity index (χ1v) is 9.96. The highest BCUT2D eigenvalue weighted by molar-refractivity contribution is 5.36. The summed E-state index contributed by atoms with van der Waals surface area (Å²) in [5.74, 6) is -5.88. The van der Waals surface area contributed by atoms with Crippen LogP contribution in [0.3, 0.4) is 0 Å².